The number of ether oxygens (including phenoxy) is 1. The van der Waals surface area contributed by atoms with Gasteiger partial charge in [-0.25, -0.2) is 0 Å². The summed E-state index contributed by atoms with van der Waals surface area (Å²) in [6, 6.07) is 5.19. The minimum absolute atomic E-state index is 0.0442. The Bertz CT molecular complexity index is 382. The lowest BCUT2D eigenvalue weighted by Gasteiger charge is -2.09. The van der Waals surface area contributed by atoms with Crippen molar-refractivity contribution >= 4 is 39.1 Å². The molecule has 88 valence electrons. The molecule has 16 heavy (non-hydrogen) atoms. The largest absolute Gasteiger partial charge is 0.369 e. The molecule has 1 aromatic rings. The predicted octanol–water partition coefficient (Wildman–Crippen LogP) is 3.47. The van der Waals surface area contributed by atoms with Gasteiger partial charge in [0.15, 0.2) is 0 Å². The molecule has 0 unspecified atom stereocenters. The van der Waals surface area contributed by atoms with Crippen LogP contribution in [0.4, 0.5) is 5.69 Å². The first kappa shape index (κ1) is 13.5. The van der Waals surface area contributed by atoms with Crippen molar-refractivity contribution in [3.63, 3.8) is 0 Å². The van der Waals surface area contributed by atoms with Crippen LogP contribution in [0.5, 0.6) is 0 Å². The topological polar surface area (TPSA) is 38.3 Å². The van der Waals surface area contributed by atoms with Gasteiger partial charge in [0.1, 0.15) is 6.61 Å². The van der Waals surface area contributed by atoms with Gasteiger partial charge in [0.2, 0.25) is 5.91 Å². The third-order valence-electron chi connectivity index (χ3n) is 1.75. The predicted molar refractivity (Wildman–Crippen MR) is 68.9 cm³/mol. The van der Waals surface area contributed by atoms with Crippen LogP contribution in [0.15, 0.2) is 22.7 Å². The quantitative estimate of drug-likeness (QED) is 0.925. The second-order valence-corrected chi connectivity index (χ2v) is 4.80. The molecule has 0 saturated carbocycles. The minimum Gasteiger partial charge on any atom is -0.369 e. The second-order valence-electron chi connectivity index (χ2n) is 3.54. The van der Waals surface area contributed by atoms with Crippen molar-refractivity contribution in [3.05, 3.63) is 27.7 Å². The molecule has 1 N–H and O–H groups in total. The zero-order chi connectivity index (χ0) is 12.1. The number of anilines is 1. The van der Waals surface area contributed by atoms with Gasteiger partial charge < -0.3 is 10.1 Å². The summed E-state index contributed by atoms with van der Waals surface area (Å²) in [5.74, 6) is -0.178. The van der Waals surface area contributed by atoms with Gasteiger partial charge in [-0.05, 0) is 48.0 Å². The monoisotopic (exact) mass is 305 g/mol. The van der Waals surface area contributed by atoms with Crippen molar-refractivity contribution in [1.82, 2.24) is 0 Å². The second kappa shape index (κ2) is 6.23. The molecular weight excluding hydrogens is 293 g/mol. The molecule has 1 rings (SSSR count). The summed E-state index contributed by atoms with van der Waals surface area (Å²) in [7, 11) is 0. The smallest absolute Gasteiger partial charge is 0.250 e. The van der Waals surface area contributed by atoms with Crippen LogP contribution in [-0.2, 0) is 9.53 Å². The Morgan fingerprint density at radius 2 is 2.25 bits per heavy atom. The maximum Gasteiger partial charge on any atom is 0.250 e. The lowest BCUT2D eigenvalue weighted by atomic mass is 10.3. The average molecular weight is 307 g/mol. The van der Waals surface area contributed by atoms with E-state index in [9.17, 15) is 4.79 Å². The molecule has 1 amide bonds. The van der Waals surface area contributed by atoms with E-state index in [4.69, 9.17) is 16.3 Å². The molecule has 0 fully saturated rings. The number of halogens is 2. The van der Waals surface area contributed by atoms with Gasteiger partial charge in [-0.2, -0.15) is 0 Å². The minimum atomic E-state index is -0.178. The normalized spacial score (nSPS) is 10.6. The van der Waals surface area contributed by atoms with Crippen LogP contribution in [0.2, 0.25) is 5.02 Å². The molecule has 0 spiro atoms. The van der Waals surface area contributed by atoms with Gasteiger partial charge >= 0.3 is 0 Å². The Morgan fingerprint density at radius 1 is 1.56 bits per heavy atom. The summed E-state index contributed by atoms with van der Waals surface area (Å²) in [4.78, 5) is 11.4. The van der Waals surface area contributed by atoms with Crippen LogP contribution < -0.4 is 5.32 Å². The van der Waals surface area contributed by atoms with E-state index in [0.29, 0.717) is 10.7 Å². The van der Waals surface area contributed by atoms with Crippen LogP contribution in [-0.4, -0.2) is 18.6 Å². The lowest BCUT2D eigenvalue weighted by Crippen LogP contribution is -2.20. The summed E-state index contributed by atoms with van der Waals surface area (Å²) >= 11 is 9.12. The molecule has 0 saturated heterocycles. The Labute approximate surface area is 108 Å². The van der Waals surface area contributed by atoms with Gasteiger partial charge in [-0.15, -0.1) is 0 Å². The van der Waals surface area contributed by atoms with E-state index >= 15 is 0 Å². The summed E-state index contributed by atoms with van der Waals surface area (Å²) < 4.78 is 5.93. The molecule has 0 aromatic heterocycles. The fraction of sp³-hybridized carbons (Fsp3) is 0.364. The van der Waals surface area contributed by atoms with Crippen molar-refractivity contribution in [2.45, 2.75) is 20.0 Å². The molecule has 0 aliphatic heterocycles. The number of rotatable bonds is 4. The standard InChI is InChI=1S/C11H13BrClNO2/c1-7(2)16-6-11(15)14-8-3-4-10(13)9(12)5-8/h3-5,7H,6H2,1-2H3,(H,14,15). The number of hydrogen-bond donors (Lipinski definition) is 1. The molecule has 3 nitrogen and oxygen atoms in total. The fourth-order valence-electron chi connectivity index (χ4n) is 1.01. The van der Waals surface area contributed by atoms with Crippen molar-refractivity contribution in [1.29, 1.82) is 0 Å². The van der Waals surface area contributed by atoms with Crippen molar-refractivity contribution < 1.29 is 9.53 Å². The molecule has 0 radical (unpaired) electrons. The molecule has 0 aliphatic carbocycles. The molecule has 0 aliphatic rings. The van der Waals surface area contributed by atoms with E-state index < -0.39 is 0 Å². The zero-order valence-electron chi connectivity index (χ0n) is 9.09. The maximum atomic E-state index is 11.4. The van der Waals surface area contributed by atoms with Gasteiger partial charge in [0.05, 0.1) is 11.1 Å². The fourth-order valence-corrected chi connectivity index (χ4v) is 1.51. The van der Waals surface area contributed by atoms with E-state index in [2.05, 4.69) is 21.2 Å². The first-order valence-electron chi connectivity index (χ1n) is 4.85. The van der Waals surface area contributed by atoms with Gasteiger partial charge in [-0.3, -0.25) is 4.79 Å². The van der Waals surface area contributed by atoms with Crippen LogP contribution in [0.1, 0.15) is 13.8 Å². The third kappa shape index (κ3) is 4.51. The number of amides is 1. The Morgan fingerprint density at radius 3 is 2.81 bits per heavy atom. The van der Waals surface area contributed by atoms with E-state index in [-0.39, 0.29) is 18.6 Å². The summed E-state index contributed by atoms with van der Waals surface area (Å²) in [6.45, 7) is 3.82. The Kier molecular flexibility index (Phi) is 5.25. The highest BCUT2D eigenvalue weighted by molar-refractivity contribution is 9.10. The summed E-state index contributed by atoms with van der Waals surface area (Å²) in [5, 5.41) is 3.32. The maximum absolute atomic E-state index is 11.4. The zero-order valence-corrected chi connectivity index (χ0v) is 11.4. The summed E-state index contributed by atoms with van der Waals surface area (Å²) in [6.07, 6.45) is 0.0442. The van der Waals surface area contributed by atoms with Crippen LogP contribution in [0.3, 0.4) is 0 Å². The van der Waals surface area contributed by atoms with Crippen molar-refractivity contribution in [2.24, 2.45) is 0 Å². The molecule has 0 atom stereocenters. The van der Waals surface area contributed by atoms with Crippen LogP contribution in [0.25, 0.3) is 0 Å². The molecule has 0 bridgehead atoms. The lowest BCUT2D eigenvalue weighted by molar-refractivity contribution is -0.121. The number of carbonyl (C=O) groups is 1. The number of hydrogen-bond acceptors (Lipinski definition) is 2. The first-order valence-corrected chi connectivity index (χ1v) is 6.02. The van der Waals surface area contributed by atoms with E-state index in [1.807, 2.05) is 13.8 Å². The SMILES string of the molecule is CC(C)OCC(=O)Nc1ccc(Cl)c(Br)c1. The average Bonchev–Trinajstić information content (AvgIpc) is 2.21. The van der Waals surface area contributed by atoms with Crippen molar-refractivity contribution in [3.8, 4) is 0 Å². The van der Waals surface area contributed by atoms with Gasteiger partial charge in [-0.1, -0.05) is 11.6 Å². The molecule has 5 heteroatoms. The highest BCUT2D eigenvalue weighted by Crippen LogP contribution is 2.25. The highest BCUT2D eigenvalue weighted by atomic mass is 79.9. The number of carbonyl (C=O) groups excluding carboxylic acids is 1. The van der Waals surface area contributed by atoms with Gasteiger partial charge in [0.25, 0.3) is 0 Å². The van der Waals surface area contributed by atoms with E-state index in [0.717, 1.165) is 4.47 Å². The molecule has 0 heterocycles. The third-order valence-corrected chi connectivity index (χ3v) is 2.97. The van der Waals surface area contributed by atoms with Crippen LogP contribution >= 0.6 is 27.5 Å². The summed E-state index contributed by atoms with van der Waals surface area (Å²) in [5.41, 5.74) is 0.689. The first-order chi connectivity index (χ1) is 7.49. The van der Waals surface area contributed by atoms with E-state index in [1.165, 1.54) is 0 Å². The van der Waals surface area contributed by atoms with E-state index in [1.54, 1.807) is 18.2 Å². The Hall–Kier alpha value is -0.580. The number of benzene rings is 1. The molecule has 1 aromatic carbocycles. The Balaban J connectivity index is 2.53. The van der Waals surface area contributed by atoms with Gasteiger partial charge in [0, 0.05) is 10.2 Å². The van der Waals surface area contributed by atoms with Crippen LogP contribution in [0, 0.1) is 0 Å². The number of nitrogens with one attached hydrogen (secondary N) is 1. The van der Waals surface area contributed by atoms with Crippen molar-refractivity contribution in [2.75, 3.05) is 11.9 Å². The molecular formula is C11H13BrClNO2. The highest BCUT2D eigenvalue weighted by Gasteiger charge is 2.05.